The minimum Gasteiger partial charge on any atom is -0.249 e. The highest BCUT2D eigenvalue weighted by atomic mass is 14.8. The van der Waals surface area contributed by atoms with E-state index in [0.717, 1.165) is 36.7 Å². The van der Waals surface area contributed by atoms with Gasteiger partial charge in [-0.15, -0.1) is 0 Å². The van der Waals surface area contributed by atoms with Crippen LogP contribution < -0.4 is 0 Å². The second kappa shape index (κ2) is 4.05. The fourth-order valence-corrected chi connectivity index (χ4v) is 2.15. The van der Waals surface area contributed by atoms with Crippen LogP contribution in [-0.4, -0.2) is 9.97 Å². The SMILES string of the molecule is C1=C/CCc2nc3ccccc3nc2CC/1. The van der Waals surface area contributed by atoms with Gasteiger partial charge in [0, 0.05) is 0 Å². The fraction of sp³-hybridized carbons (Fsp3) is 0.286. The Morgan fingerprint density at radius 1 is 0.750 bits per heavy atom. The van der Waals surface area contributed by atoms with Crippen LogP contribution in [0.2, 0.25) is 0 Å². The Bertz CT molecular complexity index is 495. The average molecular weight is 210 g/mol. The molecule has 1 aliphatic rings. The number of aromatic nitrogens is 2. The highest BCUT2D eigenvalue weighted by Crippen LogP contribution is 2.17. The maximum atomic E-state index is 4.72. The lowest BCUT2D eigenvalue weighted by Gasteiger charge is -2.10. The van der Waals surface area contributed by atoms with E-state index in [1.165, 1.54) is 11.4 Å². The zero-order valence-corrected chi connectivity index (χ0v) is 9.19. The number of hydrogen-bond donors (Lipinski definition) is 0. The summed E-state index contributed by atoms with van der Waals surface area (Å²) < 4.78 is 0. The van der Waals surface area contributed by atoms with Gasteiger partial charge in [0.1, 0.15) is 0 Å². The van der Waals surface area contributed by atoms with Gasteiger partial charge < -0.3 is 0 Å². The molecule has 0 unspecified atom stereocenters. The normalized spacial score (nSPS) is 17.5. The van der Waals surface area contributed by atoms with Crippen LogP contribution in [0.3, 0.4) is 0 Å². The van der Waals surface area contributed by atoms with Gasteiger partial charge in [-0.2, -0.15) is 0 Å². The first-order valence-corrected chi connectivity index (χ1v) is 5.83. The Hall–Kier alpha value is -1.70. The van der Waals surface area contributed by atoms with Crippen molar-refractivity contribution in [2.45, 2.75) is 25.7 Å². The summed E-state index contributed by atoms with van der Waals surface area (Å²) in [5, 5.41) is 0. The largest absolute Gasteiger partial charge is 0.249 e. The Morgan fingerprint density at radius 3 is 1.75 bits per heavy atom. The molecule has 0 spiro atoms. The van der Waals surface area contributed by atoms with E-state index in [0.29, 0.717) is 0 Å². The molecule has 0 saturated carbocycles. The Morgan fingerprint density at radius 2 is 1.25 bits per heavy atom. The van der Waals surface area contributed by atoms with Crippen LogP contribution >= 0.6 is 0 Å². The van der Waals surface area contributed by atoms with Crippen molar-refractivity contribution in [1.29, 1.82) is 0 Å². The van der Waals surface area contributed by atoms with E-state index in [1.54, 1.807) is 0 Å². The summed E-state index contributed by atoms with van der Waals surface area (Å²) in [6, 6.07) is 8.12. The maximum Gasteiger partial charge on any atom is 0.0890 e. The standard InChI is InChI=1S/C14H14N2/c1-2-4-8-12-11(7-3-1)15-13-9-5-6-10-14(13)16-12/h1-2,5-6,9-10H,3-4,7-8H2/b2-1+. The van der Waals surface area contributed by atoms with Gasteiger partial charge in [-0.25, -0.2) is 9.97 Å². The first-order chi connectivity index (χ1) is 7.93. The van der Waals surface area contributed by atoms with Gasteiger partial charge in [-0.05, 0) is 37.8 Å². The minimum absolute atomic E-state index is 1.02. The second-order valence-corrected chi connectivity index (χ2v) is 4.15. The smallest absolute Gasteiger partial charge is 0.0890 e. The molecular weight excluding hydrogens is 196 g/mol. The topological polar surface area (TPSA) is 25.8 Å². The molecule has 0 fully saturated rings. The molecule has 16 heavy (non-hydrogen) atoms. The van der Waals surface area contributed by atoms with Gasteiger partial charge in [0.25, 0.3) is 0 Å². The van der Waals surface area contributed by atoms with Crippen LogP contribution in [0, 0.1) is 0 Å². The third-order valence-electron chi connectivity index (χ3n) is 2.99. The average Bonchev–Trinajstić information content (AvgIpc) is 2.29. The van der Waals surface area contributed by atoms with E-state index < -0.39 is 0 Å². The first-order valence-electron chi connectivity index (χ1n) is 5.83. The number of nitrogens with zero attached hydrogens (tertiary/aromatic N) is 2. The van der Waals surface area contributed by atoms with Crippen molar-refractivity contribution in [3.8, 4) is 0 Å². The Labute approximate surface area is 95.0 Å². The van der Waals surface area contributed by atoms with Crippen molar-refractivity contribution < 1.29 is 0 Å². The van der Waals surface area contributed by atoms with Crippen molar-refractivity contribution in [3.63, 3.8) is 0 Å². The number of aryl methyl sites for hydroxylation is 2. The molecule has 0 saturated heterocycles. The van der Waals surface area contributed by atoms with Gasteiger partial charge in [0.05, 0.1) is 22.4 Å². The molecule has 0 aliphatic heterocycles. The van der Waals surface area contributed by atoms with E-state index in [2.05, 4.69) is 12.2 Å². The zero-order valence-electron chi connectivity index (χ0n) is 9.19. The zero-order chi connectivity index (χ0) is 10.8. The van der Waals surface area contributed by atoms with Crippen LogP contribution in [0.15, 0.2) is 36.4 Å². The molecule has 0 N–H and O–H groups in total. The molecule has 80 valence electrons. The molecule has 1 aliphatic carbocycles. The highest BCUT2D eigenvalue weighted by molar-refractivity contribution is 5.74. The lowest BCUT2D eigenvalue weighted by atomic mass is 10.1. The summed E-state index contributed by atoms with van der Waals surface area (Å²) in [6.45, 7) is 0. The van der Waals surface area contributed by atoms with Crippen molar-refractivity contribution in [2.75, 3.05) is 0 Å². The van der Waals surface area contributed by atoms with Gasteiger partial charge in [0.15, 0.2) is 0 Å². The maximum absolute atomic E-state index is 4.72. The molecule has 1 aromatic carbocycles. The van der Waals surface area contributed by atoms with Crippen molar-refractivity contribution in [3.05, 3.63) is 47.8 Å². The van der Waals surface area contributed by atoms with Crippen LogP contribution in [0.5, 0.6) is 0 Å². The van der Waals surface area contributed by atoms with E-state index in [-0.39, 0.29) is 0 Å². The van der Waals surface area contributed by atoms with E-state index in [1.807, 2.05) is 24.3 Å². The monoisotopic (exact) mass is 210 g/mol. The predicted octanol–water partition coefficient (Wildman–Crippen LogP) is 3.06. The number of hydrogen-bond acceptors (Lipinski definition) is 2. The molecular formula is C14H14N2. The van der Waals surface area contributed by atoms with E-state index in [9.17, 15) is 0 Å². The van der Waals surface area contributed by atoms with Crippen molar-refractivity contribution >= 4 is 11.0 Å². The molecule has 3 rings (SSSR count). The highest BCUT2D eigenvalue weighted by Gasteiger charge is 2.08. The number of allylic oxidation sites excluding steroid dienone is 2. The lowest BCUT2D eigenvalue weighted by molar-refractivity contribution is 0.832. The molecule has 2 nitrogen and oxygen atoms in total. The minimum atomic E-state index is 1.02. The predicted molar refractivity (Wildman–Crippen MR) is 65.3 cm³/mol. The summed E-state index contributed by atoms with van der Waals surface area (Å²) in [4.78, 5) is 9.44. The molecule has 0 radical (unpaired) electrons. The van der Waals surface area contributed by atoms with Gasteiger partial charge in [-0.1, -0.05) is 24.3 Å². The van der Waals surface area contributed by atoms with Crippen molar-refractivity contribution in [1.82, 2.24) is 9.97 Å². The summed E-state index contributed by atoms with van der Waals surface area (Å²) in [5.41, 5.74) is 4.41. The van der Waals surface area contributed by atoms with Crippen LogP contribution in [-0.2, 0) is 12.8 Å². The fourth-order valence-electron chi connectivity index (χ4n) is 2.15. The first kappa shape index (κ1) is 9.52. The molecule has 1 aromatic heterocycles. The van der Waals surface area contributed by atoms with E-state index in [4.69, 9.17) is 9.97 Å². The summed E-state index contributed by atoms with van der Waals surface area (Å²) in [7, 11) is 0. The lowest BCUT2D eigenvalue weighted by Crippen LogP contribution is -2.03. The van der Waals surface area contributed by atoms with Gasteiger partial charge >= 0.3 is 0 Å². The number of rotatable bonds is 0. The quantitative estimate of drug-likeness (QED) is 0.624. The summed E-state index contributed by atoms with van der Waals surface area (Å²) >= 11 is 0. The van der Waals surface area contributed by atoms with Gasteiger partial charge in [-0.3, -0.25) is 0 Å². The Balaban J connectivity index is 2.15. The molecule has 1 heterocycles. The van der Waals surface area contributed by atoms with Crippen LogP contribution in [0.25, 0.3) is 11.0 Å². The number of para-hydroxylation sites is 2. The molecule has 0 amide bonds. The summed E-state index contributed by atoms with van der Waals surface area (Å²) in [6.07, 6.45) is 8.70. The van der Waals surface area contributed by atoms with Crippen LogP contribution in [0.1, 0.15) is 24.2 Å². The van der Waals surface area contributed by atoms with Crippen LogP contribution in [0.4, 0.5) is 0 Å². The molecule has 2 aromatic rings. The van der Waals surface area contributed by atoms with Gasteiger partial charge in [0.2, 0.25) is 0 Å². The second-order valence-electron chi connectivity index (χ2n) is 4.15. The third-order valence-corrected chi connectivity index (χ3v) is 2.99. The number of benzene rings is 1. The third kappa shape index (κ3) is 1.71. The molecule has 0 atom stereocenters. The van der Waals surface area contributed by atoms with Crippen molar-refractivity contribution in [2.24, 2.45) is 0 Å². The summed E-state index contributed by atoms with van der Waals surface area (Å²) in [5.74, 6) is 0. The Kier molecular flexibility index (Phi) is 2.41. The molecule has 0 bridgehead atoms. The molecule has 2 heteroatoms. The number of fused-ring (bicyclic) bond motifs is 2. The van der Waals surface area contributed by atoms with E-state index >= 15 is 0 Å².